The second-order valence-corrected chi connectivity index (χ2v) is 6.25. The van der Waals surface area contributed by atoms with E-state index in [9.17, 15) is 0 Å². The summed E-state index contributed by atoms with van der Waals surface area (Å²) in [6.45, 7) is 2.29. The fourth-order valence-corrected chi connectivity index (χ4v) is 3.48. The fraction of sp³-hybridized carbons (Fsp3) is 0.688. The minimum atomic E-state index is 0.446. The van der Waals surface area contributed by atoms with Gasteiger partial charge >= 0.3 is 0 Å². The standard InChI is InChI=1S/C16H26N4/c17-13-1-3-14(4-2-13)19-15-7-11-20(12-8-15)16-5-9-18-10-6-16/h5-6,9-10,13-15,19H,1-4,7-8,11-12,17H2. The third-order valence-corrected chi connectivity index (χ3v) is 4.77. The summed E-state index contributed by atoms with van der Waals surface area (Å²) in [5.74, 6) is 0. The second-order valence-electron chi connectivity index (χ2n) is 6.25. The summed E-state index contributed by atoms with van der Waals surface area (Å²) in [7, 11) is 0. The van der Waals surface area contributed by atoms with Crippen molar-refractivity contribution in [3.8, 4) is 0 Å². The van der Waals surface area contributed by atoms with E-state index in [0.29, 0.717) is 18.1 Å². The summed E-state index contributed by atoms with van der Waals surface area (Å²) >= 11 is 0. The van der Waals surface area contributed by atoms with E-state index in [-0.39, 0.29) is 0 Å². The van der Waals surface area contributed by atoms with Crippen LogP contribution in [0.5, 0.6) is 0 Å². The highest BCUT2D eigenvalue weighted by Gasteiger charge is 2.24. The van der Waals surface area contributed by atoms with Crippen LogP contribution < -0.4 is 16.0 Å². The molecule has 2 aliphatic rings. The van der Waals surface area contributed by atoms with Gasteiger partial charge in [0.05, 0.1) is 0 Å². The predicted molar refractivity (Wildman–Crippen MR) is 82.8 cm³/mol. The molecule has 2 heterocycles. The number of nitrogens with one attached hydrogen (secondary N) is 1. The lowest BCUT2D eigenvalue weighted by Crippen LogP contribution is -2.48. The first kappa shape index (κ1) is 13.8. The number of hydrogen-bond donors (Lipinski definition) is 2. The summed E-state index contributed by atoms with van der Waals surface area (Å²) in [6.07, 6.45) is 11.1. The highest BCUT2D eigenvalue weighted by molar-refractivity contribution is 5.44. The average molecular weight is 274 g/mol. The number of nitrogens with zero attached hydrogens (tertiary/aromatic N) is 2. The Bertz CT molecular complexity index is 392. The zero-order chi connectivity index (χ0) is 13.8. The zero-order valence-corrected chi connectivity index (χ0v) is 12.2. The Labute approximate surface area is 121 Å². The summed E-state index contributed by atoms with van der Waals surface area (Å²) in [4.78, 5) is 6.56. The zero-order valence-electron chi connectivity index (χ0n) is 12.2. The molecule has 0 aromatic carbocycles. The molecule has 2 fully saturated rings. The molecule has 1 saturated heterocycles. The summed E-state index contributed by atoms with van der Waals surface area (Å²) in [6, 6.07) is 6.05. The normalized spacial score (nSPS) is 28.6. The van der Waals surface area contributed by atoms with E-state index in [0.717, 1.165) is 13.1 Å². The van der Waals surface area contributed by atoms with Crippen molar-refractivity contribution in [3.05, 3.63) is 24.5 Å². The largest absolute Gasteiger partial charge is 0.371 e. The first-order chi connectivity index (χ1) is 9.81. The van der Waals surface area contributed by atoms with Crippen LogP contribution in [-0.2, 0) is 0 Å². The van der Waals surface area contributed by atoms with Gasteiger partial charge in [0.1, 0.15) is 0 Å². The Morgan fingerprint density at radius 1 is 0.950 bits per heavy atom. The van der Waals surface area contributed by atoms with Gasteiger partial charge in [-0.3, -0.25) is 4.98 Å². The minimum Gasteiger partial charge on any atom is -0.371 e. The van der Waals surface area contributed by atoms with Gasteiger partial charge in [0.15, 0.2) is 0 Å². The van der Waals surface area contributed by atoms with Gasteiger partial charge in [-0.15, -0.1) is 0 Å². The van der Waals surface area contributed by atoms with Crippen molar-refractivity contribution >= 4 is 5.69 Å². The van der Waals surface area contributed by atoms with Crippen molar-refractivity contribution in [1.29, 1.82) is 0 Å². The van der Waals surface area contributed by atoms with Gasteiger partial charge in [-0.1, -0.05) is 0 Å². The van der Waals surface area contributed by atoms with Crippen LogP contribution in [0.25, 0.3) is 0 Å². The van der Waals surface area contributed by atoms with Crippen LogP contribution in [0.4, 0.5) is 5.69 Å². The molecule has 20 heavy (non-hydrogen) atoms. The van der Waals surface area contributed by atoms with E-state index in [2.05, 4.69) is 27.3 Å². The summed E-state index contributed by atoms with van der Waals surface area (Å²) < 4.78 is 0. The molecule has 3 N–H and O–H groups in total. The highest BCUT2D eigenvalue weighted by atomic mass is 15.1. The number of aromatic nitrogens is 1. The van der Waals surface area contributed by atoms with Crippen LogP contribution in [0.2, 0.25) is 0 Å². The minimum absolute atomic E-state index is 0.446. The molecule has 1 aromatic rings. The lowest BCUT2D eigenvalue weighted by Gasteiger charge is -2.37. The lowest BCUT2D eigenvalue weighted by atomic mass is 9.90. The maximum atomic E-state index is 5.97. The molecule has 0 unspecified atom stereocenters. The number of piperidine rings is 1. The third kappa shape index (κ3) is 3.49. The molecule has 110 valence electrons. The van der Waals surface area contributed by atoms with Crippen LogP contribution in [0.15, 0.2) is 24.5 Å². The molecule has 0 spiro atoms. The molecule has 1 aliphatic carbocycles. The first-order valence-corrected chi connectivity index (χ1v) is 7.98. The Kier molecular flexibility index (Phi) is 4.53. The summed E-state index contributed by atoms with van der Waals surface area (Å²) in [5.41, 5.74) is 7.28. The molecule has 1 aromatic heterocycles. The monoisotopic (exact) mass is 274 g/mol. The predicted octanol–water partition coefficient (Wildman–Crippen LogP) is 1.91. The highest BCUT2D eigenvalue weighted by Crippen LogP contribution is 2.22. The second kappa shape index (κ2) is 6.55. The maximum absolute atomic E-state index is 5.97. The van der Waals surface area contributed by atoms with E-state index in [1.807, 2.05) is 12.4 Å². The quantitative estimate of drug-likeness (QED) is 0.884. The third-order valence-electron chi connectivity index (χ3n) is 4.77. The van der Waals surface area contributed by atoms with Crippen LogP contribution in [0, 0.1) is 0 Å². The smallest absolute Gasteiger partial charge is 0.0397 e. The molecule has 0 bridgehead atoms. The van der Waals surface area contributed by atoms with Gasteiger partial charge in [0, 0.05) is 49.3 Å². The molecule has 4 nitrogen and oxygen atoms in total. The van der Waals surface area contributed by atoms with Gasteiger partial charge in [-0.2, -0.15) is 0 Å². The molecular formula is C16H26N4. The Hall–Kier alpha value is -1.13. The van der Waals surface area contributed by atoms with Gasteiger partial charge in [0.25, 0.3) is 0 Å². The van der Waals surface area contributed by atoms with Crippen molar-refractivity contribution in [3.63, 3.8) is 0 Å². The average Bonchev–Trinajstić information content (AvgIpc) is 2.51. The molecule has 0 amide bonds. The molecule has 3 rings (SSSR count). The van der Waals surface area contributed by atoms with Gasteiger partial charge in [-0.05, 0) is 50.7 Å². The van der Waals surface area contributed by atoms with Crippen molar-refractivity contribution in [2.75, 3.05) is 18.0 Å². The van der Waals surface area contributed by atoms with E-state index >= 15 is 0 Å². The van der Waals surface area contributed by atoms with E-state index in [1.165, 1.54) is 44.2 Å². The number of pyridine rings is 1. The van der Waals surface area contributed by atoms with E-state index in [1.54, 1.807) is 0 Å². The Balaban J connectivity index is 1.44. The van der Waals surface area contributed by atoms with E-state index < -0.39 is 0 Å². The van der Waals surface area contributed by atoms with Gasteiger partial charge in [-0.25, -0.2) is 0 Å². The molecule has 0 radical (unpaired) electrons. The van der Waals surface area contributed by atoms with Crippen molar-refractivity contribution in [2.45, 2.75) is 56.7 Å². The first-order valence-electron chi connectivity index (χ1n) is 7.98. The molecule has 0 atom stereocenters. The van der Waals surface area contributed by atoms with Crippen molar-refractivity contribution in [2.24, 2.45) is 5.73 Å². The Morgan fingerprint density at radius 3 is 2.20 bits per heavy atom. The van der Waals surface area contributed by atoms with Gasteiger partial charge in [0.2, 0.25) is 0 Å². The van der Waals surface area contributed by atoms with Gasteiger partial charge < -0.3 is 16.0 Å². The molecule has 1 saturated carbocycles. The number of rotatable bonds is 3. The molecule has 1 aliphatic heterocycles. The van der Waals surface area contributed by atoms with E-state index in [4.69, 9.17) is 5.73 Å². The van der Waals surface area contributed by atoms with Crippen LogP contribution in [0.1, 0.15) is 38.5 Å². The lowest BCUT2D eigenvalue weighted by molar-refractivity contribution is 0.292. The number of nitrogens with two attached hydrogens (primary N) is 1. The number of hydrogen-bond acceptors (Lipinski definition) is 4. The van der Waals surface area contributed by atoms with Crippen molar-refractivity contribution in [1.82, 2.24) is 10.3 Å². The topological polar surface area (TPSA) is 54.2 Å². The number of anilines is 1. The molecule has 4 heteroatoms. The maximum Gasteiger partial charge on any atom is 0.0397 e. The summed E-state index contributed by atoms with van der Waals surface area (Å²) in [5, 5.41) is 3.86. The molecular weight excluding hydrogens is 248 g/mol. The Morgan fingerprint density at radius 2 is 1.55 bits per heavy atom. The SMILES string of the molecule is NC1CCC(NC2CCN(c3ccncc3)CC2)CC1. The van der Waals surface area contributed by atoms with Crippen molar-refractivity contribution < 1.29 is 0 Å². The van der Waals surface area contributed by atoms with Crippen LogP contribution in [-0.4, -0.2) is 36.2 Å². The van der Waals surface area contributed by atoms with Crippen LogP contribution >= 0.6 is 0 Å². The fourth-order valence-electron chi connectivity index (χ4n) is 3.48. The van der Waals surface area contributed by atoms with Crippen LogP contribution in [0.3, 0.4) is 0 Å².